The van der Waals surface area contributed by atoms with Crippen LogP contribution in [0.5, 0.6) is 5.75 Å². The summed E-state index contributed by atoms with van der Waals surface area (Å²) in [6.07, 6.45) is 1.51. The highest BCUT2D eigenvalue weighted by Crippen LogP contribution is 2.45. The summed E-state index contributed by atoms with van der Waals surface area (Å²) in [5, 5.41) is -0.295. The molecule has 2 atom stereocenters. The summed E-state index contributed by atoms with van der Waals surface area (Å²) in [7, 11) is -2.91. The summed E-state index contributed by atoms with van der Waals surface area (Å²) in [6, 6.07) is 6.00. The molecule has 3 rings (SSSR count). The van der Waals surface area contributed by atoms with Crippen molar-refractivity contribution >= 4 is 21.4 Å². The zero-order chi connectivity index (χ0) is 14.5. The fourth-order valence-corrected chi connectivity index (χ4v) is 5.50. The predicted octanol–water partition coefficient (Wildman–Crippen LogP) is 3.11. The van der Waals surface area contributed by atoms with Crippen LogP contribution in [0.1, 0.15) is 36.8 Å². The fraction of sp³-hybridized carbons (Fsp3) is 0.600. The first-order valence-electron chi connectivity index (χ1n) is 6.93. The molecule has 1 saturated heterocycles. The molecule has 0 spiro atoms. The largest absolute Gasteiger partial charge is 0.487 e. The van der Waals surface area contributed by atoms with E-state index in [1.807, 2.05) is 12.1 Å². The van der Waals surface area contributed by atoms with Crippen molar-refractivity contribution in [1.82, 2.24) is 0 Å². The minimum atomic E-state index is -2.91. The van der Waals surface area contributed by atoms with Gasteiger partial charge in [-0.2, -0.15) is 0 Å². The molecule has 20 heavy (non-hydrogen) atoms. The van der Waals surface area contributed by atoms with Crippen LogP contribution in [0.3, 0.4) is 0 Å². The van der Waals surface area contributed by atoms with E-state index in [4.69, 9.17) is 16.3 Å². The molecule has 0 radical (unpaired) electrons. The van der Waals surface area contributed by atoms with Crippen LogP contribution in [-0.2, 0) is 16.3 Å². The molecule has 0 bridgehead atoms. The van der Waals surface area contributed by atoms with Crippen molar-refractivity contribution in [3.8, 4) is 5.75 Å². The van der Waals surface area contributed by atoms with Crippen molar-refractivity contribution in [3.63, 3.8) is 0 Å². The third kappa shape index (κ3) is 2.56. The van der Waals surface area contributed by atoms with E-state index in [2.05, 4.69) is 19.9 Å². The molecule has 1 aromatic rings. The van der Waals surface area contributed by atoms with Crippen LogP contribution in [0.2, 0.25) is 0 Å². The van der Waals surface area contributed by atoms with E-state index in [1.165, 1.54) is 5.56 Å². The summed E-state index contributed by atoms with van der Waals surface area (Å²) in [4.78, 5) is 0. The lowest BCUT2D eigenvalue weighted by Crippen LogP contribution is -2.25. The van der Waals surface area contributed by atoms with Gasteiger partial charge in [0.2, 0.25) is 0 Å². The molecule has 5 heteroatoms. The Labute approximate surface area is 125 Å². The molecule has 1 aromatic carbocycles. The molecule has 0 aromatic heterocycles. The molecule has 1 fully saturated rings. The SMILES string of the molecule is CC1(C)Cc2cccc(C(Cl)C3CCS(=O)(=O)C3)c2O1. The number of hydrogen-bond donors (Lipinski definition) is 0. The summed E-state index contributed by atoms with van der Waals surface area (Å²) < 4.78 is 29.3. The van der Waals surface area contributed by atoms with Crippen LogP contribution < -0.4 is 4.74 Å². The minimum Gasteiger partial charge on any atom is -0.487 e. The summed E-state index contributed by atoms with van der Waals surface area (Å²) in [5.41, 5.74) is 1.90. The highest BCUT2D eigenvalue weighted by atomic mass is 35.5. The smallest absolute Gasteiger partial charge is 0.150 e. The number of halogens is 1. The molecule has 3 nitrogen and oxygen atoms in total. The number of alkyl halides is 1. The molecule has 0 N–H and O–H groups in total. The van der Waals surface area contributed by atoms with E-state index >= 15 is 0 Å². The van der Waals surface area contributed by atoms with Gasteiger partial charge in [0, 0.05) is 12.0 Å². The zero-order valence-electron chi connectivity index (χ0n) is 11.7. The second kappa shape index (κ2) is 4.63. The van der Waals surface area contributed by atoms with Gasteiger partial charge in [-0.1, -0.05) is 18.2 Å². The Morgan fingerprint density at radius 1 is 1.40 bits per heavy atom. The van der Waals surface area contributed by atoms with E-state index in [9.17, 15) is 8.42 Å². The monoisotopic (exact) mass is 314 g/mol. The Hall–Kier alpha value is -0.740. The Kier molecular flexibility index (Phi) is 3.29. The average molecular weight is 315 g/mol. The van der Waals surface area contributed by atoms with Crippen LogP contribution in [0.25, 0.3) is 0 Å². The maximum absolute atomic E-state index is 11.6. The quantitative estimate of drug-likeness (QED) is 0.788. The van der Waals surface area contributed by atoms with E-state index in [-0.39, 0.29) is 28.4 Å². The van der Waals surface area contributed by atoms with Gasteiger partial charge in [-0.05, 0) is 31.7 Å². The molecule has 0 amide bonds. The standard InChI is InChI=1S/C15H19ClO3S/c1-15(2)8-10-4-3-5-12(14(10)19-15)13(16)11-6-7-20(17,18)9-11/h3-5,11,13H,6-9H2,1-2H3. The van der Waals surface area contributed by atoms with E-state index in [1.54, 1.807) is 0 Å². The Balaban J connectivity index is 1.91. The lowest BCUT2D eigenvalue weighted by atomic mass is 9.95. The second-order valence-electron chi connectivity index (χ2n) is 6.44. The van der Waals surface area contributed by atoms with E-state index in [0.29, 0.717) is 6.42 Å². The normalized spacial score (nSPS) is 27.9. The maximum atomic E-state index is 11.6. The molecule has 110 valence electrons. The van der Waals surface area contributed by atoms with Gasteiger partial charge in [-0.3, -0.25) is 0 Å². The van der Waals surface area contributed by atoms with Crippen molar-refractivity contribution in [2.45, 2.75) is 37.7 Å². The van der Waals surface area contributed by atoms with Crippen LogP contribution in [0, 0.1) is 5.92 Å². The lowest BCUT2D eigenvalue weighted by molar-refractivity contribution is 0.137. The molecular formula is C15H19ClO3S. The highest BCUT2D eigenvalue weighted by molar-refractivity contribution is 7.91. The molecule has 2 unspecified atom stereocenters. The fourth-order valence-electron chi connectivity index (χ4n) is 3.17. The van der Waals surface area contributed by atoms with Gasteiger partial charge in [0.05, 0.1) is 16.9 Å². The first-order chi connectivity index (χ1) is 9.27. The van der Waals surface area contributed by atoms with Gasteiger partial charge in [-0.25, -0.2) is 8.42 Å². The average Bonchev–Trinajstić information content (AvgIpc) is 2.85. The molecule has 2 aliphatic rings. The number of fused-ring (bicyclic) bond motifs is 1. The van der Waals surface area contributed by atoms with Crippen molar-refractivity contribution < 1.29 is 13.2 Å². The number of ether oxygens (including phenoxy) is 1. The topological polar surface area (TPSA) is 43.4 Å². The number of sulfone groups is 1. The second-order valence-corrected chi connectivity index (χ2v) is 9.14. The third-order valence-corrected chi connectivity index (χ3v) is 6.49. The number of benzene rings is 1. The molecule has 0 aliphatic carbocycles. The minimum absolute atomic E-state index is 0.0134. The maximum Gasteiger partial charge on any atom is 0.150 e. The molecule has 0 saturated carbocycles. The van der Waals surface area contributed by atoms with Crippen LogP contribution in [0.4, 0.5) is 0 Å². The van der Waals surface area contributed by atoms with Gasteiger partial charge >= 0.3 is 0 Å². The van der Waals surface area contributed by atoms with Crippen molar-refractivity contribution in [2.24, 2.45) is 5.92 Å². The Morgan fingerprint density at radius 3 is 2.80 bits per heavy atom. The molecule has 2 aliphatic heterocycles. The van der Waals surface area contributed by atoms with Crippen LogP contribution >= 0.6 is 11.6 Å². The van der Waals surface area contributed by atoms with Gasteiger partial charge in [0.25, 0.3) is 0 Å². The summed E-state index contributed by atoms with van der Waals surface area (Å²) in [6.45, 7) is 4.11. The predicted molar refractivity (Wildman–Crippen MR) is 80.2 cm³/mol. The third-order valence-electron chi connectivity index (χ3n) is 4.10. The van der Waals surface area contributed by atoms with Gasteiger partial charge in [0.1, 0.15) is 11.4 Å². The number of hydrogen-bond acceptors (Lipinski definition) is 3. The first-order valence-corrected chi connectivity index (χ1v) is 9.18. The summed E-state index contributed by atoms with van der Waals surface area (Å²) in [5.74, 6) is 1.29. The van der Waals surface area contributed by atoms with Crippen molar-refractivity contribution in [2.75, 3.05) is 11.5 Å². The van der Waals surface area contributed by atoms with E-state index in [0.717, 1.165) is 17.7 Å². The van der Waals surface area contributed by atoms with Crippen molar-refractivity contribution in [3.05, 3.63) is 29.3 Å². The van der Waals surface area contributed by atoms with Gasteiger partial charge in [0.15, 0.2) is 9.84 Å². The van der Waals surface area contributed by atoms with Crippen molar-refractivity contribution in [1.29, 1.82) is 0 Å². The van der Waals surface area contributed by atoms with Gasteiger partial charge < -0.3 is 4.74 Å². The van der Waals surface area contributed by atoms with Crippen LogP contribution in [-0.4, -0.2) is 25.5 Å². The highest BCUT2D eigenvalue weighted by Gasteiger charge is 2.38. The van der Waals surface area contributed by atoms with Crippen LogP contribution in [0.15, 0.2) is 18.2 Å². The first kappa shape index (κ1) is 14.2. The number of rotatable bonds is 2. The molecule has 2 heterocycles. The van der Waals surface area contributed by atoms with Gasteiger partial charge in [-0.15, -0.1) is 11.6 Å². The zero-order valence-corrected chi connectivity index (χ0v) is 13.3. The Bertz CT molecular complexity index is 637. The lowest BCUT2D eigenvalue weighted by Gasteiger charge is -2.21. The molecular weight excluding hydrogens is 296 g/mol. The Morgan fingerprint density at radius 2 is 2.15 bits per heavy atom. The summed E-state index contributed by atoms with van der Waals surface area (Å²) >= 11 is 6.57. The number of para-hydroxylation sites is 1. The van der Waals surface area contributed by atoms with E-state index < -0.39 is 9.84 Å².